The standard InChI is InChI=1S/C18H18O2S/c1-12-6-8-15(9-7-12)21-11-16(19)17-10-14-5-3-4-13(2)18(14)20-17/h3-10,16,19H,11H2,1-2H3. The lowest BCUT2D eigenvalue weighted by molar-refractivity contribution is 0.176. The monoisotopic (exact) mass is 298 g/mol. The van der Waals surface area contributed by atoms with E-state index in [0.29, 0.717) is 11.5 Å². The van der Waals surface area contributed by atoms with Gasteiger partial charge in [0.05, 0.1) is 0 Å². The summed E-state index contributed by atoms with van der Waals surface area (Å²) < 4.78 is 5.80. The molecular formula is C18H18O2S. The van der Waals surface area contributed by atoms with Gasteiger partial charge in [-0.3, -0.25) is 0 Å². The van der Waals surface area contributed by atoms with E-state index < -0.39 is 6.10 Å². The Hall–Kier alpha value is -1.71. The summed E-state index contributed by atoms with van der Waals surface area (Å²) in [6.07, 6.45) is -0.594. The van der Waals surface area contributed by atoms with Crippen molar-refractivity contribution in [1.29, 1.82) is 0 Å². The molecule has 0 aliphatic rings. The number of aliphatic hydroxyl groups is 1. The molecule has 0 radical (unpaired) electrons. The van der Waals surface area contributed by atoms with Gasteiger partial charge in [-0.1, -0.05) is 35.9 Å². The van der Waals surface area contributed by atoms with Crippen molar-refractivity contribution in [2.75, 3.05) is 5.75 Å². The second-order valence-electron chi connectivity index (χ2n) is 5.28. The fourth-order valence-corrected chi connectivity index (χ4v) is 3.13. The van der Waals surface area contributed by atoms with E-state index in [1.165, 1.54) is 5.56 Å². The van der Waals surface area contributed by atoms with Gasteiger partial charge in [-0.25, -0.2) is 0 Å². The van der Waals surface area contributed by atoms with Gasteiger partial charge >= 0.3 is 0 Å². The summed E-state index contributed by atoms with van der Waals surface area (Å²) >= 11 is 1.64. The van der Waals surface area contributed by atoms with E-state index in [2.05, 4.69) is 31.2 Å². The molecule has 0 aliphatic heterocycles. The summed E-state index contributed by atoms with van der Waals surface area (Å²) in [6.45, 7) is 4.09. The first-order chi connectivity index (χ1) is 10.1. The third-order valence-electron chi connectivity index (χ3n) is 3.52. The van der Waals surface area contributed by atoms with Crippen LogP contribution in [0.4, 0.5) is 0 Å². The van der Waals surface area contributed by atoms with Crippen molar-refractivity contribution in [3.05, 3.63) is 65.4 Å². The van der Waals surface area contributed by atoms with Crippen LogP contribution in [0.1, 0.15) is 23.0 Å². The molecule has 21 heavy (non-hydrogen) atoms. The Bertz CT molecular complexity index is 744. The van der Waals surface area contributed by atoms with Crippen molar-refractivity contribution < 1.29 is 9.52 Å². The van der Waals surface area contributed by atoms with E-state index in [-0.39, 0.29) is 0 Å². The predicted octanol–water partition coefficient (Wildman–Crippen LogP) is 4.88. The summed E-state index contributed by atoms with van der Waals surface area (Å²) in [5.41, 5.74) is 3.21. The highest BCUT2D eigenvalue weighted by Gasteiger charge is 2.14. The second kappa shape index (κ2) is 5.96. The molecule has 0 amide bonds. The molecule has 1 N–H and O–H groups in total. The normalized spacial score (nSPS) is 12.7. The van der Waals surface area contributed by atoms with Crippen molar-refractivity contribution in [2.45, 2.75) is 24.8 Å². The van der Waals surface area contributed by atoms with E-state index in [9.17, 15) is 5.11 Å². The number of hydrogen-bond acceptors (Lipinski definition) is 3. The SMILES string of the molecule is Cc1ccc(SCC(O)c2cc3cccc(C)c3o2)cc1. The van der Waals surface area contributed by atoms with E-state index in [4.69, 9.17) is 4.42 Å². The van der Waals surface area contributed by atoms with Crippen molar-refractivity contribution in [3.63, 3.8) is 0 Å². The van der Waals surface area contributed by atoms with E-state index in [1.54, 1.807) is 11.8 Å². The second-order valence-corrected chi connectivity index (χ2v) is 6.38. The average Bonchev–Trinajstić information content (AvgIpc) is 2.92. The zero-order valence-electron chi connectivity index (χ0n) is 12.2. The van der Waals surface area contributed by atoms with Crippen LogP contribution >= 0.6 is 11.8 Å². The number of fused-ring (bicyclic) bond motifs is 1. The molecule has 0 bridgehead atoms. The number of para-hydroxylation sites is 1. The van der Waals surface area contributed by atoms with Crippen LogP contribution in [0.2, 0.25) is 0 Å². The summed E-state index contributed by atoms with van der Waals surface area (Å²) in [4.78, 5) is 1.16. The zero-order chi connectivity index (χ0) is 14.8. The highest BCUT2D eigenvalue weighted by atomic mass is 32.2. The van der Waals surface area contributed by atoms with Gasteiger partial charge in [0.1, 0.15) is 17.4 Å². The Morgan fingerprint density at radius 1 is 1.10 bits per heavy atom. The summed E-state index contributed by atoms with van der Waals surface area (Å²) in [5.74, 6) is 1.22. The molecule has 2 aromatic carbocycles. The molecule has 2 nitrogen and oxygen atoms in total. The molecule has 1 aromatic heterocycles. The van der Waals surface area contributed by atoms with Crippen LogP contribution in [-0.2, 0) is 0 Å². The number of thioether (sulfide) groups is 1. The van der Waals surface area contributed by atoms with Crippen LogP contribution in [0.3, 0.4) is 0 Å². The Balaban J connectivity index is 1.73. The lowest BCUT2D eigenvalue weighted by Gasteiger charge is -2.07. The molecule has 1 atom stereocenters. The quantitative estimate of drug-likeness (QED) is 0.697. The fourth-order valence-electron chi connectivity index (χ4n) is 2.28. The minimum atomic E-state index is -0.594. The summed E-state index contributed by atoms with van der Waals surface area (Å²) in [5, 5.41) is 11.4. The molecule has 0 saturated heterocycles. The zero-order valence-corrected chi connectivity index (χ0v) is 13.0. The molecule has 3 rings (SSSR count). The van der Waals surface area contributed by atoms with Crippen LogP contribution in [0.25, 0.3) is 11.0 Å². The first-order valence-electron chi connectivity index (χ1n) is 7.00. The molecule has 108 valence electrons. The van der Waals surface area contributed by atoms with Gasteiger partial charge < -0.3 is 9.52 Å². The van der Waals surface area contributed by atoms with Crippen LogP contribution in [-0.4, -0.2) is 10.9 Å². The van der Waals surface area contributed by atoms with Gasteiger partial charge in [-0.15, -0.1) is 11.8 Å². The van der Waals surface area contributed by atoms with E-state index in [0.717, 1.165) is 21.4 Å². The Morgan fingerprint density at radius 3 is 2.57 bits per heavy atom. The number of benzene rings is 2. The third kappa shape index (κ3) is 3.14. The Kier molecular flexibility index (Phi) is 4.04. The number of furan rings is 1. The van der Waals surface area contributed by atoms with Crippen molar-refractivity contribution in [2.24, 2.45) is 0 Å². The molecule has 1 heterocycles. The molecule has 1 unspecified atom stereocenters. The lowest BCUT2D eigenvalue weighted by Crippen LogP contribution is -1.98. The first kappa shape index (κ1) is 14.2. The lowest BCUT2D eigenvalue weighted by atomic mass is 10.2. The van der Waals surface area contributed by atoms with Crippen LogP contribution < -0.4 is 0 Å². The largest absolute Gasteiger partial charge is 0.458 e. The van der Waals surface area contributed by atoms with Crippen molar-refractivity contribution >= 4 is 22.7 Å². The van der Waals surface area contributed by atoms with E-state index in [1.807, 2.05) is 31.2 Å². The molecule has 0 spiro atoms. The fraction of sp³-hybridized carbons (Fsp3) is 0.222. The van der Waals surface area contributed by atoms with Gasteiger partial charge in [-0.2, -0.15) is 0 Å². The van der Waals surface area contributed by atoms with Crippen LogP contribution in [0.15, 0.2) is 57.8 Å². The highest BCUT2D eigenvalue weighted by Crippen LogP contribution is 2.30. The van der Waals surface area contributed by atoms with Crippen molar-refractivity contribution in [3.8, 4) is 0 Å². The van der Waals surface area contributed by atoms with Crippen LogP contribution in [0, 0.1) is 13.8 Å². The highest BCUT2D eigenvalue weighted by molar-refractivity contribution is 7.99. The first-order valence-corrected chi connectivity index (χ1v) is 7.98. The van der Waals surface area contributed by atoms with Gasteiger partial charge in [0.25, 0.3) is 0 Å². The van der Waals surface area contributed by atoms with Gasteiger partial charge in [0.2, 0.25) is 0 Å². The summed E-state index contributed by atoms with van der Waals surface area (Å²) in [7, 11) is 0. The third-order valence-corrected chi connectivity index (χ3v) is 4.61. The van der Waals surface area contributed by atoms with Gasteiger partial charge in [0.15, 0.2) is 0 Å². The molecule has 3 heteroatoms. The van der Waals surface area contributed by atoms with E-state index >= 15 is 0 Å². The number of hydrogen-bond donors (Lipinski definition) is 1. The number of rotatable bonds is 4. The smallest absolute Gasteiger partial charge is 0.137 e. The predicted molar refractivity (Wildman–Crippen MR) is 87.8 cm³/mol. The Morgan fingerprint density at radius 2 is 1.86 bits per heavy atom. The minimum absolute atomic E-state index is 0.585. The van der Waals surface area contributed by atoms with Crippen molar-refractivity contribution in [1.82, 2.24) is 0 Å². The molecule has 0 fully saturated rings. The maximum atomic E-state index is 10.3. The summed E-state index contributed by atoms with van der Waals surface area (Å²) in [6, 6.07) is 16.3. The maximum Gasteiger partial charge on any atom is 0.137 e. The molecule has 3 aromatic rings. The van der Waals surface area contributed by atoms with Gasteiger partial charge in [0, 0.05) is 16.0 Å². The van der Waals surface area contributed by atoms with Crippen LogP contribution in [0.5, 0.6) is 0 Å². The number of aliphatic hydroxyl groups excluding tert-OH is 1. The molecular weight excluding hydrogens is 280 g/mol. The molecule has 0 aliphatic carbocycles. The maximum absolute atomic E-state index is 10.3. The molecule has 0 saturated carbocycles. The minimum Gasteiger partial charge on any atom is -0.458 e. The Labute approximate surface area is 128 Å². The number of aryl methyl sites for hydroxylation is 2. The van der Waals surface area contributed by atoms with Gasteiger partial charge in [-0.05, 0) is 37.6 Å². The average molecular weight is 298 g/mol. The topological polar surface area (TPSA) is 33.4 Å².